The fraction of sp³-hybridized carbons (Fsp3) is 0.417. The smallest absolute Gasteiger partial charge is 0.233 e. The molecule has 4 nitrogen and oxygen atoms in total. The third-order valence-corrected chi connectivity index (χ3v) is 4.60. The van der Waals surface area contributed by atoms with Crippen LogP contribution in [0, 0.1) is 0 Å². The van der Waals surface area contributed by atoms with Crippen LogP contribution in [0.25, 0.3) is 0 Å². The Kier molecular flexibility index (Phi) is 3.75. The van der Waals surface area contributed by atoms with Crippen LogP contribution in [0.15, 0.2) is 30.3 Å². The third kappa shape index (κ3) is 3.10. The van der Waals surface area contributed by atoms with Crippen molar-refractivity contribution in [1.29, 1.82) is 0 Å². The van der Waals surface area contributed by atoms with Crippen molar-refractivity contribution in [2.45, 2.75) is 31.2 Å². The number of hydrogen-bond acceptors (Lipinski definition) is 3. The van der Waals surface area contributed by atoms with Gasteiger partial charge in [0.05, 0.1) is 0 Å². The van der Waals surface area contributed by atoms with Gasteiger partial charge in [-0.2, -0.15) is 0 Å². The topological polar surface area (TPSA) is 59.1 Å². The first-order valence-electron chi connectivity index (χ1n) is 5.72. The summed E-state index contributed by atoms with van der Waals surface area (Å²) < 4.78 is 25.9. The maximum absolute atomic E-state index is 11.6. The second kappa shape index (κ2) is 4.99. The van der Waals surface area contributed by atoms with Gasteiger partial charge in [-0.05, 0) is 37.3 Å². The van der Waals surface area contributed by atoms with E-state index >= 15 is 0 Å². The fourth-order valence-electron chi connectivity index (χ4n) is 2.16. The summed E-state index contributed by atoms with van der Waals surface area (Å²) in [7, 11) is -3.40. The maximum Gasteiger partial charge on any atom is 0.233 e. The summed E-state index contributed by atoms with van der Waals surface area (Å²) in [4.78, 5) is 4.01. The van der Waals surface area contributed by atoms with Crippen LogP contribution in [0.4, 0.5) is 0 Å². The van der Waals surface area contributed by atoms with Crippen LogP contribution in [0.1, 0.15) is 24.8 Å². The van der Waals surface area contributed by atoms with Gasteiger partial charge in [0.2, 0.25) is 10.0 Å². The minimum absolute atomic E-state index is 0.386. The van der Waals surface area contributed by atoms with E-state index in [0.29, 0.717) is 11.6 Å². The molecular formula is C12H15ClN2O2S. The van der Waals surface area contributed by atoms with E-state index in [1.165, 1.54) is 0 Å². The molecular weight excluding hydrogens is 272 g/mol. The van der Waals surface area contributed by atoms with Crippen molar-refractivity contribution in [3.8, 4) is 0 Å². The Morgan fingerprint density at radius 2 is 2.22 bits per heavy atom. The predicted molar refractivity (Wildman–Crippen MR) is 71.8 cm³/mol. The second-order valence-electron chi connectivity index (χ2n) is 4.61. The molecule has 1 fully saturated rings. The zero-order valence-corrected chi connectivity index (χ0v) is 11.5. The molecule has 1 aromatic rings. The van der Waals surface area contributed by atoms with Crippen molar-refractivity contribution in [1.82, 2.24) is 9.71 Å². The van der Waals surface area contributed by atoms with Crippen molar-refractivity contribution in [2.75, 3.05) is 0 Å². The maximum atomic E-state index is 11.6. The largest absolute Gasteiger partial charge is 0.244 e. The van der Waals surface area contributed by atoms with E-state index in [9.17, 15) is 8.42 Å². The molecule has 98 valence electrons. The molecule has 1 aromatic heterocycles. The molecule has 6 heteroatoms. The van der Waals surface area contributed by atoms with E-state index in [2.05, 4.69) is 16.3 Å². The Morgan fingerprint density at radius 1 is 1.50 bits per heavy atom. The Labute approximate surface area is 112 Å². The van der Waals surface area contributed by atoms with Gasteiger partial charge in [-0.3, -0.25) is 0 Å². The molecule has 18 heavy (non-hydrogen) atoms. The van der Waals surface area contributed by atoms with Crippen LogP contribution >= 0.6 is 11.6 Å². The summed E-state index contributed by atoms with van der Waals surface area (Å²) in [6.07, 6.45) is 5.01. The van der Waals surface area contributed by atoms with E-state index in [1.54, 1.807) is 12.3 Å². The number of nitrogens with one attached hydrogen (secondary N) is 1. The normalized spacial score (nSPS) is 18.1. The molecule has 0 aromatic carbocycles. The lowest BCUT2D eigenvalue weighted by molar-refractivity contribution is 0.221. The Morgan fingerprint density at radius 3 is 2.67 bits per heavy atom. The SMILES string of the molecule is C=CS(=O)(=O)NC1(Cc2ccc(Cl)nc2)CCC1. The van der Waals surface area contributed by atoms with Gasteiger partial charge in [0, 0.05) is 17.1 Å². The summed E-state index contributed by atoms with van der Waals surface area (Å²) in [6, 6.07) is 3.59. The molecule has 0 radical (unpaired) electrons. The predicted octanol–water partition coefficient (Wildman–Crippen LogP) is 2.26. The molecule has 1 heterocycles. The highest BCUT2D eigenvalue weighted by atomic mass is 35.5. The van der Waals surface area contributed by atoms with E-state index in [4.69, 9.17) is 11.6 Å². The number of rotatable bonds is 5. The van der Waals surface area contributed by atoms with Gasteiger partial charge in [0.25, 0.3) is 0 Å². The molecule has 0 amide bonds. The quantitative estimate of drug-likeness (QED) is 0.845. The lowest BCUT2D eigenvalue weighted by Crippen LogP contribution is -2.54. The van der Waals surface area contributed by atoms with Gasteiger partial charge >= 0.3 is 0 Å². The highest BCUT2D eigenvalue weighted by Crippen LogP contribution is 2.35. The number of nitrogens with zero attached hydrogens (tertiary/aromatic N) is 1. The molecule has 1 aliphatic rings. The summed E-state index contributed by atoms with van der Waals surface area (Å²) in [5.74, 6) is 0. The summed E-state index contributed by atoms with van der Waals surface area (Å²) >= 11 is 5.72. The number of hydrogen-bond donors (Lipinski definition) is 1. The van der Waals surface area contributed by atoms with Gasteiger partial charge in [-0.1, -0.05) is 24.2 Å². The average molecular weight is 287 g/mol. The molecule has 2 rings (SSSR count). The highest BCUT2D eigenvalue weighted by molar-refractivity contribution is 7.92. The molecule has 0 spiro atoms. The van der Waals surface area contributed by atoms with E-state index in [-0.39, 0.29) is 5.54 Å². The summed E-state index contributed by atoms with van der Waals surface area (Å²) in [5, 5.41) is 1.39. The fourth-order valence-corrected chi connectivity index (χ4v) is 3.24. The lowest BCUT2D eigenvalue weighted by Gasteiger charge is -2.42. The second-order valence-corrected chi connectivity index (χ2v) is 6.63. The Balaban J connectivity index is 2.14. The minimum Gasteiger partial charge on any atom is -0.244 e. The molecule has 1 N–H and O–H groups in total. The van der Waals surface area contributed by atoms with E-state index in [1.807, 2.05) is 6.07 Å². The molecule has 0 unspecified atom stereocenters. The first-order chi connectivity index (χ1) is 8.45. The molecule has 1 aliphatic carbocycles. The zero-order chi connectivity index (χ0) is 13.2. The van der Waals surface area contributed by atoms with E-state index in [0.717, 1.165) is 30.2 Å². The summed E-state index contributed by atoms with van der Waals surface area (Å²) in [5.41, 5.74) is 0.591. The van der Waals surface area contributed by atoms with Crippen LogP contribution in [-0.4, -0.2) is 18.9 Å². The van der Waals surface area contributed by atoms with Crippen molar-refractivity contribution in [3.05, 3.63) is 41.0 Å². The first kappa shape index (κ1) is 13.5. The highest BCUT2D eigenvalue weighted by Gasteiger charge is 2.39. The number of sulfonamides is 1. The van der Waals surface area contributed by atoms with Gasteiger partial charge in [0.1, 0.15) is 5.15 Å². The van der Waals surface area contributed by atoms with Gasteiger partial charge < -0.3 is 0 Å². The van der Waals surface area contributed by atoms with Crippen molar-refractivity contribution >= 4 is 21.6 Å². The van der Waals surface area contributed by atoms with Crippen LogP contribution in [0.3, 0.4) is 0 Å². The van der Waals surface area contributed by atoms with Gasteiger partial charge in [0.15, 0.2) is 0 Å². The molecule has 0 saturated heterocycles. The monoisotopic (exact) mass is 286 g/mol. The van der Waals surface area contributed by atoms with E-state index < -0.39 is 10.0 Å². The Bertz CT molecular complexity index is 536. The van der Waals surface area contributed by atoms with Crippen LogP contribution in [-0.2, 0) is 16.4 Å². The van der Waals surface area contributed by atoms with Crippen molar-refractivity contribution in [3.63, 3.8) is 0 Å². The van der Waals surface area contributed by atoms with Crippen LogP contribution in [0.2, 0.25) is 5.15 Å². The Hall–Kier alpha value is -0.910. The van der Waals surface area contributed by atoms with Crippen LogP contribution < -0.4 is 4.72 Å². The molecule has 0 bridgehead atoms. The molecule has 0 atom stereocenters. The molecule has 0 aliphatic heterocycles. The average Bonchev–Trinajstić information content (AvgIpc) is 2.29. The number of pyridine rings is 1. The number of aromatic nitrogens is 1. The van der Waals surface area contributed by atoms with Crippen molar-refractivity contribution in [2.24, 2.45) is 0 Å². The first-order valence-corrected chi connectivity index (χ1v) is 7.64. The molecule has 1 saturated carbocycles. The minimum atomic E-state index is -3.40. The van der Waals surface area contributed by atoms with Crippen molar-refractivity contribution < 1.29 is 8.42 Å². The summed E-state index contributed by atoms with van der Waals surface area (Å²) in [6.45, 7) is 3.31. The zero-order valence-electron chi connectivity index (χ0n) is 9.89. The lowest BCUT2D eigenvalue weighted by atomic mass is 9.74. The number of halogens is 1. The van der Waals surface area contributed by atoms with Gasteiger partial charge in [-0.25, -0.2) is 18.1 Å². The van der Waals surface area contributed by atoms with Crippen LogP contribution in [0.5, 0.6) is 0 Å². The third-order valence-electron chi connectivity index (χ3n) is 3.22. The standard InChI is InChI=1S/C12H15ClN2O2S/c1-2-18(16,17)15-12(6-3-7-12)8-10-4-5-11(13)14-9-10/h2,4-5,9,15H,1,3,6-8H2. The van der Waals surface area contributed by atoms with Gasteiger partial charge in [-0.15, -0.1) is 0 Å².